The number of hydrogen-bond acceptors (Lipinski definition) is 4. The second kappa shape index (κ2) is 8.48. The van der Waals surface area contributed by atoms with Crippen molar-refractivity contribution in [1.82, 2.24) is 15.1 Å². The van der Waals surface area contributed by atoms with Crippen molar-refractivity contribution in [3.63, 3.8) is 0 Å². The van der Waals surface area contributed by atoms with Crippen molar-refractivity contribution in [3.05, 3.63) is 0 Å². The van der Waals surface area contributed by atoms with Crippen LogP contribution in [0.15, 0.2) is 0 Å². The van der Waals surface area contributed by atoms with Crippen LogP contribution in [-0.2, 0) is 14.3 Å². The first-order valence-electron chi connectivity index (χ1n) is 8.38. The lowest BCUT2D eigenvalue weighted by molar-refractivity contribution is -0.142. The average molecular weight is 311 g/mol. The number of nitrogens with zero attached hydrogens (tertiary/aromatic N) is 2. The summed E-state index contributed by atoms with van der Waals surface area (Å²) in [4.78, 5) is 27.8. The molecular weight excluding hydrogens is 282 g/mol. The summed E-state index contributed by atoms with van der Waals surface area (Å²) in [5.74, 6) is 1.02. The highest BCUT2D eigenvalue weighted by Gasteiger charge is 2.25. The molecule has 0 bridgehead atoms. The van der Waals surface area contributed by atoms with E-state index in [0.29, 0.717) is 44.6 Å². The third kappa shape index (κ3) is 4.95. The van der Waals surface area contributed by atoms with E-state index in [4.69, 9.17) is 4.74 Å². The van der Waals surface area contributed by atoms with E-state index >= 15 is 0 Å². The summed E-state index contributed by atoms with van der Waals surface area (Å²) in [6.45, 7) is 6.86. The highest BCUT2D eigenvalue weighted by molar-refractivity contribution is 5.84. The number of morpholine rings is 1. The fourth-order valence-corrected chi connectivity index (χ4v) is 3.17. The minimum absolute atomic E-state index is 0.0196. The van der Waals surface area contributed by atoms with Crippen LogP contribution in [0, 0.1) is 11.8 Å². The van der Waals surface area contributed by atoms with Gasteiger partial charge in [-0.3, -0.25) is 9.59 Å². The lowest BCUT2D eigenvalue weighted by atomic mass is 9.85. The first-order valence-corrected chi connectivity index (χ1v) is 8.38. The molecule has 2 aliphatic rings. The van der Waals surface area contributed by atoms with Crippen LogP contribution in [0.4, 0.5) is 0 Å². The molecule has 6 heteroatoms. The molecular formula is C16H29N3O3. The maximum Gasteiger partial charge on any atom is 0.242 e. The Morgan fingerprint density at radius 2 is 2.09 bits per heavy atom. The minimum atomic E-state index is 0.0196. The van der Waals surface area contributed by atoms with E-state index < -0.39 is 0 Å². The van der Waals surface area contributed by atoms with Gasteiger partial charge in [0.15, 0.2) is 0 Å². The van der Waals surface area contributed by atoms with Crippen LogP contribution in [-0.4, -0.2) is 74.6 Å². The fraction of sp³-hybridized carbons (Fsp3) is 0.875. The average Bonchev–Trinajstić information content (AvgIpc) is 2.56. The molecule has 2 atom stereocenters. The van der Waals surface area contributed by atoms with Crippen LogP contribution in [0.2, 0.25) is 0 Å². The molecule has 0 radical (unpaired) electrons. The number of carbonyl (C=O) groups excluding carboxylic acids is 2. The first kappa shape index (κ1) is 17.2. The highest BCUT2D eigenvalue weighted by atomic mass is 16.5. The van der Waals surface area contributed by atoms with E-state index in [9.17, 15) is 9.59 Å². The molecule has 2 amide bonds. The van der Waals surface area contributed by atoms with Gasteiger partial charge >= 0.3 is 0 Å². The van der Waals surface area contributed by atoms with Gasteiger partial charge in [-0.05, 0) is 37.8 Å². The maximum atomic E-state index is 12.3. The van der Waals surface area contributed by atoms with Gasteiger partial charge in [0.05, 0.1) is 19.8 Å². The van der Waals surface area contributed by atoms with E-state index in [1.54, 1.807) is 16.8 Å². The Bertz CT molecular complexity index is 377. The zero-order valence-electron chi connectivity index (χ0n) is 13.8. The molecule has 0 aliphatic carbocycles. The summed E-state index contributed by atoms with van der Waals surface area (Å²) in [6.07, 6.45) is 2.91. The normalized spacial score (nSPS) is 23.9. The second-order valence-corrected chi connectivity index (χ2v) is 6.53. The summed E-state index contributed by atoms with van der Waals surface area (Å²) in [5, 5.41) is 3.40. The molecule has 126 valence electrons. The van der Waals surface area contributed by atoms with Crippen LogP contribution >= 0.6 is 0 Å². The van der Waals surface area contributed by atoms with Crippen molar-refractivity contribution >= 4 is 11.8 Å². The number of piperidine rings is 1. The Kier molecular flexibility index (Phi) is 6.64. The summed E-state index contributed by atoms with van der Waals surface area (Å²) in [6, 6.07) is 0. The number of nitrogens with one attached hydrogen (secondary N) is 1. The molecule has 0 aromatic rings. The predicted molar refractivity (Wildman–Crippen MR) is 84.4 cm³/mol. The summed E-state index contributed by atoms with van der Waals surface area (Å²) in [5.41, 5.74) is 0. The Balaban J connectivity index is 1.74. The Hall–Kier alpha value is -1.14. The standard InChI is InChI=1S/C16H29N3O3/c1-13(14-4-3-5-17-11-14)10-15(20)18(2)12-16(21)19-6-8-22-9-7-19/h13-14,17H,3-12H2,1-2H3. The molecule has 0 spiro atoms. The van der Waals surface area contributed by atoms with Gasteiger partial charge in [-0.15, -0.1) is 0 Å². The largest absolute Gasteiger partial charge is 0.378 e. The number of rotatable bonds is 5. The van der Waals surface area contributed by atoms with Gasteiger partial charge in [-0.25, -0.2) is 0 Å². The van der Waals surface area contributed by atoms with Crippen LogP contribution in [0.1, 0.15) is 26.2 Å². The molecule has 2 heterocycles. The van der Waals surface area contributed by atoms with E-state index in [1.165, 1.54) is 12.8 Å². The van der Waals surface area contributed by atoms with E-state index in [-0.39, 0.29) is 18.4 Å². The van der Waals surface area contributed by atoms with Crippen LogP contribution in [0.5, 0.6) is 0 Å². The van der Waals surface area contributed by atoms with Crippen LogP contribution in [0.25, 0.3) is 0 Å². The molecule has 2 unspecified atom stereocenters. The third-order valence-electron chi connectivity index (χ3n) is 4.80. The number of hydrogen-bond donors (Lipinski definition) is 1. The van der Waals surface area contributed by atoms with Crippen molar-refractivity contribution in [1.29, 1.82) is 0 Å². The van der Waals surface area contributed by atoms with Crippen molar-refractivity contribution in [2.45, 2.75) is 26.2 Å². The second-order valence-electron chi connectivity index (χ2n) is 6.53. The molecule has 2 aliphatic heterocycles. The lowest BCUT2D eigenvalue weighted by Gasteiger charge is -2.30. The van der Waals surface area contributed by atoms with Gasteiger partial charge in [0.25, 0.3) is 0 Å². The quantitative estimate of drug-likeness (QED) is 0.795. The molecule has 1 N–H and O–H groups in total. The van der Waals surface area contributed by atoms with Crippen LogP contribution < -0.4 is 5.32 Å². The fourth-order valence-electron chi connectivity index (χ4n) is 3.17. The van der Waals surface area contributed by atoms with Crippen molar-refractivity contribution < 1.29 is 14.3 Å². The van der Waals surface area contributed by atoms with Crippen molar-refractivity contribution in [2.24, 2.45) is 11.8 Å². The summed E-state index contributed by atoms with van der Waals surface area (Å²) < 4.78 is 5.24. The van der Waals surface area contributed by atoms with Crippen molar-refractivity contribution in [3.8, 4) is 0 Å². The molecule has 2 saturated heterocycles. The highest BCUT2D eigenvalue weighted by Crippen LogP contribution is 2.23. The Labute approximate surface area is 133 Å². The molecule has 0 aromatic carbocycles. The molecule has 6 nitrogen and oxygen atoms in total. The van der Waals surface area contributed by atoms with Gasteiger partial charge in [-0.2, -0.15) is 0 Å². The molecule has 0 aromatic heterocycles. The molecule has 0 saturated carbocycles. The molecule has 2 fully saturated rings. The summed E-state index contributed by atoms with van der Waals surface area (Å²) >= 11 is 0. The predicted octanol–water partition coefficient (Wildman–Crippen LogP) is 0.329. The molecule has 22 heavy (non-hydrogen) atoms. The minimum Gasteiger partial charge on any atom is -0.378 e. The Morgan fingerprint density at radius 3 is 2.73 bits per heavy atom. The third-order valence-corrected chi connectivity index (χ3v) is 4.80. The number of likely N-dealkylation sites (N-methyl/N-ethyl adjacent to an activating group) is 1. The maximum absolute atomic E-state index is 12.3. The van der Waals surface area contributed by atoms with Gasteiger partial charge in [0, 0.05) is 26.6 Å². The zero-order chi connectivity index (χ0) is 15.9. The van der Waals surface area contributed by atoms with Gasteiger partial charge < -0.3 is 19.9 Å². The summed E-state index contributed by atoms with van der Waals surface area (Å²) in [7, 11) is 1.73. The van der Waals surface area contributed by atoms with E-state index in [2.05, 4.69) is 12.2 Å². The smallest absolute Gasteiger partial charge is 0.242 e. The van der Waals surface area contributed by atoms with E-state index in [0.717, 1.165) is 13.1 Å². The van der Waals surface area contributed by atoms with Crippen LogP contribution in [0.3, 0.4) is 0 Å². The van der Waals surface area contributed by atoms with E-state index in [1.807, 2.05) is 0 Å². The monoisotopic (exact) mass is 311 g/mol. The lowest BCUT2D eigenvalue weighted by Crippen LogP contribution is -2.46. The number of carbonyl (C=O) groups is 2. The Morgan fingerprint density at radius 1 is 1.36 bits per heavy atom. The van der Waals surface area contributed by atoms with Gasteiger partial charge in [0.1, 0.15) is 0 Å². The SMILES string of the molecule is CC(CC(=O)N(C)CC(=O)N1CCOCC1)C1CCCNC1. The van der Waals surface area contributed by atoms with Crippen molar-refractivity contribution in [2.75, 3.05) is 53.0 Å². The van der Waals surface area contributed by atoms with Gasteiger partial charge in [-0.1, -0.05) is 6.92 Å². The molecule has 2 rings (SSSR count). The zero-order valence-corrected chi connectivity index (χ0v) is 13.8. The van der Waals surface area contributed by atoms with Gasteiger partial charge in [0.2, 0.25) is 11.8 Å². The topological polar surface area (TPSA) is 61.9 Å². The number of ether oxygens (including phenoxy) is 1. The first-order chi connectivity index (χ1) is 10.6. The number of amides is 2.